The van der Waals surface area contributed by atoms with Crippen LogP contribution in [-0.4, -0.2) is 4.98 Å². The Bertz CT molecular complexity index is 428. The van der Waals surface area contributed by atoms with E-state index in [0.29, 0.717) is 0 Å². The van der Waals surface area contributed by atoms with Crippen LogP contribution in [0.1, 0.15) is 11.6 Å². The molecule has 0 saturated heterocycles. The highest BCUT2D eigenvalue weighted by molar-refractivity contribution is 5.80. The minimum atomic E-state index is -0.0762. The maximum Gasteiger partial charge on any atom is 0.0479 e. The minimum absolute atomic E-state index is 0.0762. The van der Waals surface area contributed by atoms with Crippen molar-refractivity contribution >= 4 is 10.9 Å². The van der Waals surface area contributed by atoms with E-state index in [9.17, 15) is 0 Å². The number of aromatic amines is 1. The Hall–Kier alpha value is -1.54. The summed E-state index contributed by atoms with van der Waals surface area (Å²) in [7, 11) is 0. The predicted molar refractivity (Wildman–Crippen MR) is 55.4 cm³/mol. The largest absolute Gasteiger partial charge is 0.361 e. The van der Waals surface area contributed by atoms with Crippen LogP contribution >= 0.6 is 0 Å². The van der Waals surface area contributed by atoms with E-state index in [4.69, 9.17) is 5.73 Å². The first-order valence-corrected chi connectivity index (χ1v) is 4.26. The highest BCUT2D eigenvalue weighted by Crippen LogP contribution is 2.18. The number of fused-ring (bicyclic) bond motifs is 1. The Morgan fingerprint density at radius 2 is 2.23 bits per heavy atom. The molecular weight excluding hydrogens is 160 g/mol. The molecule has 3 N–H and O–H groups in total. The van der Waals surface area contributed by atoms with Gasteiger partial charge in [0.1, 0.15) is 0 Å². The average molecular weight is 172 g/mol. The molecule has 0 aliphatic rings. The van der Waals surface area contributed by atoms with Crippen molar-refractivity contribution in [3.63, 3.8) is 0 Å². The van der Waals surface area contributed by atoms with Crippen LogP contribution in [0.5, 0.6) is 0 Å². The summed E-state index contributed by atoms with van der Waals surface area (Å²) in [6.45, 7) is 3.67. The Balaban J connectivity index is 2.53. The van der Waals surface area contributed by atoms with Gasteiger partial charge in [-0.25, -0.2) is 0 Å². The summed E-state index contributed by atoms with van der Waals surface area (Å²) >= 11 is 0. The van der Waals surface area contributed by atoms with Crippen molar-refractivity contribution in [1.82, 2.24) is 4.98 Å². The van der Waals surface area contributed by atoms with Crippen molar-refractivity contribution < 1.29 is 0 Å². The van der Waals surface area contributed by atoms with E-state index in [2.05, 4.69) is 23.7 Å². The first kappa shape index (κ1) is 8.08. The first-order valence-electron chi connectivity index (χ1n) is 4.26. The lowest BCUT2D eigenvalue weighted by Gasteiger charge is -2.05. The highest BCUT2D eigenvalue weighted by atomic mass is 14.7. The lowest BCUT2D eigenvalue weighted by Crippen LogP contribution is -2.05. The summed E-state index contributed by atoms with van der Waals surface area (Å²) in [6.07, 6.45) is 3.66. The summed E-state index contributed by atoms with van der Waals surface area (Å²) in [4.78, 5) is 3.15. The van der Waals surface area contributed by atoms with E-state index in [1.165, 1.54) is 5.39 Å². The van der Waals surface area contributed by atoms with Gasteiger partial charge in [0, 0.05) is 17.8 Å². The molecule has 1 atom stereocenters. The summed E-state index contributed by atoms with van der Waals surface area (Å²) in [5.41, 5.74) is 8.03. The quantitative estimate of drug-likeness (QED) is 0.671. The number of hydrogen-bond acceptors (Lipinski definition) is 1. The molecule has 0 unspecified atom stereocenters. The third-order valence-electron chi connectivity index (χ3n) is 2.22. The molecular formula is C11H12N2. The molecule has 0 aliphatic heterocycles. The van der Waals surface area contributed by atoms with E-state index in [1.54, 1.807) is 6.08 Å². The zero-order valence-electron chi connectivity index (χ0n) is 7.33. The predicted octanol–water partition coefficient (Wildman–Crippen LogP) is 2.35. The second kappa shape index (κ2) is 3.07. The number of nitrogens with one attached hydrogen (secondary N) is 1. The molecule has 0 fully saturated rings. The number of H-pyrrole nitrogens is 1. The van der Waals surface area contributed by atoms with Gasteiger partial charge in [0.15, 0.2) is 0 Å². The maximum atomic E-state index is 5.82. The number of aromatic nitrogens is 1. The van der Waals surface area contributed by atoms with Gasteiger partial charge in [-0.1, -0.05) is 18.2 Å². The minimum Gasteiger partial charge on any atom is -0.361 e. The van der Waals surface area contributed by atoms with Crippen LogP contribution in [-0.2, 0) is 0 Å². The van der Waals surface area contributed by atoms with Crippen LogP contribution in [0.2, 0.25) is 0 Å². The van der Waals surface area contributed by atoms with Crippen molar-refractivity contribution in [3.8, 4) is 0 Å². The monoisotopic (exact) mass is 172 g/mol. The molecule has 1 aromatic heterocycles. The van der Waals surface area contributed by atoms with Crippen LogP contribution < -0.4 is 5.73 Å². The van der Waals surface area contributed by atoms with Crippen LogP contribution in [0.25, 0.3) is 10.9 Å². The van der Waals surface area contributed by atoms with Crippen LogP contribution in [0, 0.1) is 0 Å². The summed E-state index contributed by atoms with van der Waals surface area (Å²) in [5, 5.41) is 1.21. The van der Waals surface area contributed by atoms with E-state index >= 15 is 0 Å². The molecule has 0 bridgehead atoms. The summed E-state index contributed by atoms with van der Waals surface area (Å²) < 4.78 is 0. The van der Waals surface area contributed by atoms with E-state index in [-0.39, 0.29) is 6.04 Å². The standard InChI is InChI=1S/C11H12N2/c1-2-10(12)9-4-3-8-5-6-13-11(8)7-9/h2-7,10,13H,1,12H2/t10-/m1/s1. The van der Waals surface area contributed by atoms with Crippen molar-refractivity contribution in [3.05, 3.63) is 48.7 Å². The molecule has 0 radical (unpaired) electrons. The fourth-order valence-electron chi connectivity index (χ4n) is 1.41. The van der Waals surface area contributed by atoms with Gasteiger partial charge in [-0.3, -0.25) is 0 Å². The molecule has 2 aromatic rings. The molecule has 0 spiro atoms. The Labute approximate surface area is 77.1 Å². The maximum absolute atomic E-state index is 5.82. The van der Waals surface area contributed by atoms with E-state index in [1.807, 2.05) is 18.3 Å². The second-order valence-corrected chi connectivity index (χ2v) is 3.09. The Morgan fingerprint density at radius 3 is 3.00 bits per heavy atom. The van der Waals surface area contributed by atoms with Gasteiger partial charge in [0.2, 0.25) is 0 Å². The van der Waals surface area contributed by atoms with E-state index in [0.717, 1.165) is 11.1 Å². The van der Waals surface area contributed by atoms with Crippen LogP contribution in [0.15, 0.2) is 43.1 Å². The fraction of sp³-hybridized carbons (Fsp3) is 0.0909. The normalized spacial score (nSPS) is 13.0. The van der Waals surface area contributed by atoms with Crippen molar-refractivity contribution in [2.45, 2.75) is 6.04 Å². The Kier molecular flexibility index (Phi) is 1.91. The van der Waals surface area contributed by atoms with Gasteiger partial charge < -0.3 is 10.7 Å². The number of rotatable bonds is 2. The lowest BCUT2D eigenvalue weighted by molar-refractivity contribution is 0.916. The zero-order chi connectivity index (χ0) is 9.26. The summed E-state index contributed by atoms with van der Waals surface area (Å²) in [6, 6.07) is 8.11. The van der Waals surface area contributed by atoms with E-state index < -0.39 is 0 Å². The number of benzene rings is 1. The molecule has 2 nitrogen and oxygen atoms in total. The van der Waals surface area contributed by atoms with Gasteiger partial charge in [0.25, 0.3) is 0 Å². The molecule has 1 aromatic carbocycles. The molecule has 0 saturated carbocycles. The lowest BCUT2D eigenvalue weighted by atomic mass is 10.1. The third-order valence-corrected chi connectivity index (χ3v) is 2.22. The van der Waals surface area contributed by atoms with Crippen molar-refractivity contribution in [2.75, 3.05) is 0 Å². The second-order valence-electron chi connectivity index (χ2n) is 3.09. The summed E-state index contributed by atoms with van der Waals surface area (Å²) in [5.74, 6) is 0. The van der Waals surface area contributed by atoms with Crippen LogP contribution in [0.4, 0.5) is 0 Å². The third kappa shape index (κ3) is 1.36. The van der Waals surface area contributed by atoms with Gasteiger partial charge >= 0.3 is 0 Å². The molecule has 2 rings (SSSR count). The molecule has 13 heavy (non-hydrogen) atoms. The topological polar surface area (TPSA) is 41.8 Å². The van der Waals surface area contributed by atoms with Crippen molar-refractivity contribution in [2.24, 2.45) is 5.73 Å². The SMILES string of the molecule is C=C[C@@H](N)c1ccc2cc[nH]c2c1. The van der Waals surface area contributed by atoms with Gasteiger partial charge in [0.05, 0.1) is 0 Å². The van der Waals surface area contributed by atoms with Crippen LogP contribution in [0.3, 0.4) is 0 Å². The smallest absolute Gasteiger partial charge is 0.0479 e. The molecule has 0 amide bonds. The first-order chi connectivity index (χ1) is 6.31. The van der Waals surface area contributed by atoms with Gasteiger partial charge in [-0.05, 0) is 23.1 Å². The Morgan fingerprint density at radius 1 is 1.38 bits per heavy atom. The zero-order valence-corrected chi connectivity index (χ0v) is 7.33. The van der Waals surface area contributed by atoms with Gasteiger partial charge in [-0.2, -0.15) is 0 Å². The number of hydrogen-bond donors (Lipinski definition) is 2. The molecule has 2 heteroatoms. The fourth-order valence-corrected chi connectivity index (χ4v) is 1.41. The highest BCUT2D eigenvalue weighted by Gasteiger charge is 2.01. The average Bonchev–Trinajstić information content (AvgIpc) is 2.63. The van der Waals surface area contributed by atoms with Gasteiger partial charge in [-0.15, -0.1) is 6.58 Å². The molecule has 1 heterocycles. The molecule has 66 valence electrons. The number of nitrogens with two attached hydrogens (primary N) is 1. The van der Waals surface area contributed by atoms with Crippen molar-refractivity contribution in [1.29, 1.82) is 0 Å². The molecule has 0 aliphatic carbocycles.